The third-order valence-electron chi connectivity index (χ3n) is 3.64. The predicted octanol–water partition coefficient (Wildman–Crippen LogP) is 3.70. The van der Waals surface area contributed by atoms with E-state index in [1.165, 1.54) is 0 Å². The van der Waals surface area contributed by atoms with E-state index >= 15 is 0 Å². The number of rotatable bonds is 7. The second kappa shape index (κ2) is 7.81. The fraction of sp³-hybridized carbons (Fsp3) is 0.529. The minimum atomic E-state index is -0.561. The highest BCUT2D eigenvalue weighted by Gasteiger charge is 2.24. The molecule has 1 amide bonds. The Balaban J connectivity index is 2.38. The van der Waals surface area contributed by atoms with Crippen molar-refractivity contribution in [2.45, 2.75) is 53.2 Å². The SMILES string of the molecule is CCC(C)(C)CC(=O)C(C)NC(=O)OCc1ccccc1. The highest BCUT2D eigenvalue weighted by Crippen LogP contribution is 2.25. The Morgan fingerprint density at radius 2 is 1.86 bits per heavy atom. The predicted molar refractivity (Wildman–Crippen MR) is 82.9 cm³/mol. The molecule has 116 valence electrons. The number of alkyl carbamates (subject to hydrolysis) is 1. The molecule has 0 aliphatic heterocycles. The molecule has 0 bridgehead atoms. The van der Waals surface area contributed by atoms with Crippen LogP contribution >= 0.6 is 0 Å². The fourth-order valence-corrected chi connectivity index (χ4v) is 1.77. The van der Waals surface area contributed by atoms with Crippen LogP contribution in [0.5, 0.6) is 0 Å². The van der Waals surface area contributed by atoms with E-state index in [1.54, 1.807) is 6.92 Å². The molecule has 4 nitrogen and oxygen atoms in total. The van der Waals surface area contributed by atoms with E-state index in [0.717, 1.165) is 12.0 Å². The Labute approximate surface area is 126 Å². The van der Waals surface area contributed by atoms with Crippen molar-refractivity contribution in [1.82, 2.24) is 5.32 Å². The average Bonchev–Trinajstić information content (AvgIpc) is 2.45. The van der Waals surface area contributed by atoms with Crippen molar-refractivity contribution in [2.24, 2.45) is 5.41 Å². The highest BCUT2D eigenvalue weighted by atomic mass is 16.5. The van der Waals surface area contributed by atoms with Gasteiger partial charge in [0.1, 0.15) is 6.61 Å². The van der Waals surface area contributed by atoms with Gasteiger partial charge in [-0.15, -0.1) is 0 Å². The summed E-state index contributed by atoms with van der Waals surface area (Å²) in [6, 6.07) is 8.90. The quantitative estimate of drug-likeness (QED) is 0.833. The first-order chi connectivity index (χ1) is 9.84. The molecule has 21 heavy (non-hydrogen) atoms. The number of nitrogens with one attached hydrogen (secondary N) is 1. The number of ether oxygens (including phenoxy) is 1. The molecule has 1 unspecified atom stereocenters. The van der Waals surface area contributed by atoms with Crippen LogP contribution in [-0.4, -0.2) is 17.9 Å². The highest BCUT2D eigenvalue weighted by molar-refractivity contribution is 5.87. The number of hydrogen-bond acceptors (Lipinski definition) is 3. The van der Waals surface area contributed by atoms with Crippen LogP contribution in [0.1, 0.15) is 46.1 Å². The lowest BCUT2D eigenvalue weighted by Gasteiger charge is -2.23. The summed E-state index contributed by atoms with van der Waals surface area (Å²) < 4.78 is 5.10. The van der Waals surface area contributed by atoms with Crippen LogP contribution in [0.2, 0.25) is 0 Å². The monoisotopic (exact) mass is 291 g/mol. The Morgan fingerprint density at radius 1 is 1.24 bits per heavy atom. The summed E-state index contributed by atoms with van der Waals surface area (Å²) in [5, 5.41) is 2.59. The van der Waals surface area contributed by atoms with Gasteiger partial charge in [0.25, 0.3) is 0 Å². The molecule has 0 saturated heterocycles. The maximum Gasteiger partial charge on any atom is 0.408 e. The van der Waals surface area contributed by atoms with Gasteiger partial charge in [0.05, 0.1) is 6.04 Å². The minimum absolute atomic E-state index is 0.0264. The standard InChI is InChI=1S/C17H25NO3/c1-5-17(3,4)11-15(19)13(2)18-16(20)21-12-14-9-7-6-8-10-14/h6-10,13H,5,11-12H2,1-4H3,(H,18,20). The molecule has 0 aliphatic carbocycles. The summed E-state index contributed by atoms with van der Waals surface area (Å²) in [7, 11) is 0. The molecule has 0 radical (unpaired) electrons. The van der Waals surface area contributed by atoms with Gasteiger partial charge in [-0.3, -0.25) is 4.79 Å². The van der Waals surface area contributed by atoms with E-state index in [0.29, 0.717) is 6.42 Å². The molecule has 1 rings (SSSR count). The molecule has 1 aromatic carbocycles. The van der Waals surface area contributed by atoms with Crippen LogP contribution < -0.4 is 5.32 Å². The lowest BCUT2D eigenvalue weighted by atomic mass is 9.83. The van der Waals surface area contributed by atoms with E-state index in [-0.39, 0.29) is 17.8 Å². The van der Waals surface area contributed by atoms with Gasteiger partial charge in [0.2, 0.25) is 0 Å². The zero-order valence-electron chi connectivity index (χ0n) is 13.3. The largest absolute Gasteiger partial charge is 0.445 e. The number of benzene rings is 1. The van der Waals surface area contributed by atoms with Crippen molar-refractivity contribution >= 4 is 11.9 Å². The van der Waals surface area contributed by atoms with Gasteiger partial charge in [0, 0.05) is 6.42 Å². The molecule has 1 aromatic rings. The topological polar surface area (TPSA) is 55.4 Å². The van der Waals surface area contributed by atoms with Gasteiger partial charge >= 0.3 is 6.09 Å². The zero-order valence-corrected chi connectivity index (χ0v) is 13.3. The summed E-state index contributed by atoms with van der Waals surface area (Å²) in [5.74, 6) is 0.0264. The molecule has 0 aliphatic rings. The Kier molecular flexibility index (Phi) is 6.40. The summed E-state index contributed by atoms with van der Waals surface area (Å²) in [4.78, 5) is 23.7. The van der Waals surface area contributed by atoms with E-state index in [1.807, 2.05) is 44.2 Å². The maximum absolute atomic E-state index is 12.1. The zero-order chi connectivity index (χ0) is 15.9. The van der Waals surface area contributed by atoms with Gasteiger partial charge in [-0.05, 0) is 17.9 Å². The molecule has 1 atom stereocenters. The van der Waals surface area contributed by atoms with Gasteiger partial charge < -0.3 is 10.1 Å². The minimum Gasteiger partial charge on any atom is -0.445 e. The second-order valence-electron chi connectivity index (χ2n) is 6.09. The van der Waals surface area contributed by atoms with E-state index in [2.05, 4.69) is 12.2 Å². The van der Waals surface area contributed by atoms with Crippen molar-refractivity contribution in [3.05, 3.63) is 35.9 Å². The molecular weight excluding hydrogens is 266 g/mol. The van der Waals surface area contributed by atoms with Crippen LogP contribution in [0, 0.1) is 5.41 Å². The fourth-order valence-electron chi connectivity index (χ4n) is 1.77. The number of Topliss-reactive ketones (excluding diaryl/α,β-unsaturated/α-hetero) is 1. The Hall–Kier alpha value is -1.84. The van der Waals surface area contributed by atoms with E-state index < -0.39 is 12.1 Å². The normalized spacial score (nSPS) is 12.6. The van der Waals surface area contributed by atoms with Crippen molar-refractivity contribution in [3.63, 3.8) is 0 Å². The molecule has 4 heteroatoms. The van der Waals surface area contributed by atoms with Crippen molar-refractivity contribution in [2.75, 3.05) is 0 Å². The number of ketones is 1. The van der Waals surface area contributed by atoms with Gasteiger partial charge in [-0.1, -0.05) is 57.5 Å². The summed E-state index contributed by atoms with van der Waals surface area (Å²) in [5.41, 5.74) is 0.875. The third-order valence-corrected chi connectivity index (χ3v) is 3.64. The summed E-state index contributed by atoms with van der Waals surface area (Å²) in [6.07, 6.45) is 0.807. The van der Waals surface area contributed by atoms with Crippen molar-refractivity contribution in [1.29, 1.82) is 0 Å². The van der Waals surface area contributed by atoms with Crippen molar-refractivity contribution in [3.8, 4) is 0 Å². The second-order valence-corrected chi connectivity index (χ2v) is 6.09. The molecule has 0 aromatic heterocycles. The molecular formula is C17H25NO3. The van der Waals surface area contributed by atoms with Crippen LogP contribution in [0.25, 0.3) is 0 Å². The lowest BCUT2D eigenvalue weighted by molar-refractivity contribution is -0.122. The number of hydrogen-bond donors (Lipinski definition) is 1. The smallest absolute Gasteiger partial charge is 0.408 e. The van der Waals surface area contributed by atoms with Gasteiger partial charge in [0.15, 0.2) is 5.78 Å². The summed E-state index contributed by atoms with van der Waals surface area (Å²) >= 11 is 0. The number of carbonyl (C=O) groups excluding carboxylic acids is 2. The molecule has 0 heterocycles. The van der Waals surface area contributed by atoms with Crippen LogP contribution in [0.3, 0.4) is 0 Å². The first kappa shape index (κ1) is 17.2. The third kappa shape index (κ3) is 6.43. The molecule has 0 saturated carbocycles. The van der Waals surface area contributed by atoms with Gasteiger partial charge in [-0.2, -0.15) is 0 Å². The average molecular weight is 291 g/mol. The van der Waals surface area contributed by atoms with Crippen molar-refractivity contribution < 1.29 is 14.3 Å². The molecule has 0 fully saturated rings. The first-order valence-corrected chi connectivity index (χ1v) is 7.34. The maximum atomic E-state index is 12.1. The Bertz CT molecular complexity index is 468. The lowest BCUT2D eigenvalue weighted by Crippen LogP contribution is -2.40. The van der Waals surface area contributed by atoms with E-state index in [4.69, 9.17) is 4.74 Å². The first-order valence-electron chi connectivity index (χ1n) is 7.34. The molecule has 1 N–H and O–H groups in total. The van der Waals surface area contributed by atoms with Gasteiger partial charge in [-0.25, -0.2) is 4.79 Å². The molecule has 0 spiro atoms. The van der Waals surface area contributed by atoms with Crippen LogP contribution in [0.15, 0.2) is 30.3 Å². The summed E-state index contributed by atoms with van der Waals surface area (Å²) in [6.45, 7) is 8.04. The Morgan fingerprint density at radius 3 is 2.43 bits per heavy atom. The van der Waals surface area contributed by atoms with Crippen LogP contribution in [0.4, 0.5) is 4.79 Å². The van der Waals surface area contributed by atoms with E-state index in [9.17, 15) is 9.59 Å². The van der Waals surface area contributed by atoms with Crippen LogP contribution in [-0.2, 0) is 16.1 Å². The number of amides is 1. The number of carbonyl (C=O) groups is 2.